The van der Waals surface area contributed by atoms with Crippen LogP contribution in [0.3, 0.4) is 0 Å². The first-order valence-corrected chi connectivity index (χ1v) is 9.49. The number of carbonyl (C=O) groups excluding carboxylic acids is 2. The fourth-order valence-corrected chi connectivity index (χ4v) is 4.68. The topological polar surface area (TPSA) is 49.9 Å². The fourth-order valence-electron chi connectivity index (χ4n) is 4.68. The van der Waals surface area contributed by atoms with Gasteiger partial charge >= 0.3 is 5.97 Å². The molecule has 1 spiro atoms. The number of ether oxygens (including phenoxy) is 1. The first-order valence-electron chi connectivity index (χ1n) is 9.49. The number of rotatable bonds is 2. The van der Waals surface area contributed by atoms with E-state index >= 15 is 0 Å². The number of benzene rings is 1. The zero-order chi connectivity index (χ0) is 17.3. The summed E-state index contributed by atoms with van der Waals surface area (Å²) in [4.78, 5) is 29.4. The van der Waals surface area contributed by atoms with Crippen molar-refractivity contribution in [1.82, 2.24) is 4.90 Å². The molecule has 25 heavy (non-hydrogen) atoms. The molecule has 0 bridgehead atoms. The summed E-state index contributed by atoms with van der Waals surface area (Å²) in [5.41, 5.74) is 0.711. The van der Waals surface area contributed by atoms with E-state index in [0.717, 1.165) is 51.7 Å². The van der Waals surface area contributed by atoms with Crippen LogP contribution in [0.4, 0.5) is 5.69 Å². The van der Waals surface area contributed by atoms with E-state index in [0.29, 0.717) is 6.54 Å². The predicted molar refractivity (Wildman–Crippen MR) is 95.3 cm³/mol. The summed E-state index contributed by atoms with van der Waals surface area (Å²) < 4.78 is 5.66. The van der Waals surface area contributed by atoms with Gasteiger partial charge in [-0.25, -0.2) is 0 Å². The largest absolute Gasteiger partial charge is 0.458 e. The summed E-state index contributed by atoms with van der Waals surface area (Å²) in [5.74, 6) is -0.338. The third-order valence-corrected chi connectivity index (χ3v) is 6.00. The number of para-hydroxylation sites is 1. The number of anilines is 1. The Morgan fingerprint density at radius 2 is 1.76 bits per heavy atom. The standard InChI is InChI=1S/C20H26N2O3/c23-18-15-17(20(25-18)9-4-5-10-20)19(24)22-12-6-11-21(13-14-22)16-7-2-1-3-8-16/h1-3,7-8,17H,4-6,9-15H2. The number of carbonyl (C=O) groups is 2. The molecule has 2 saturated heterocycles. The van der Waals surface area contributed by atoms with Crippen LogP contribution in [0.5, 0.6) is 0 Å². The molecule has 5 nitrogen and oxygen atoms in total. The Morgan fingerprint density at radius 3 is 2.52 bits per heavy atom. The van der Waals surface area contributed by atoms with Gasteiger partial charge in [0.05, 0.1) is 12.3 Å². The number of amides is 1. The van der Waals surface area contributed by atoms with Gasteiger partial charge in [0.25, 0.3) is 0 Å². The lowest BCUT2D eigenvalue weighted by atomic mass is 9.84. The molecule has 1 saturated carbocycles. The third kappa shape index (κ3) is 3.12. The Kier molecular flexibility index (Phi) is 4.40. The molecule has 4 rings (SSSR count). The molecule has 1 aromatic carbocycles. The quantitative estimate of drug-likeness (QED) is 0.775. The molecule has 0 radical (unpaired) electrons. The molecule has 1 amide bonds. The van der Waals surface area contributed by atoms with Crippen LogP contribution in [0.1, 0.15) is 38.5 Å². The predicted octanol–water partition coefficient (Wildman–Crippen LogP) is 2.60. The second kappa shape index (κ2) is 6.70. The Morgan fingerprint density at radius 1 is 1.00 bits per heavy atom. The van der Waals surface area contributed by atoms with Crippen LogP contribution in [-0.4, -0.2) is 48.6 Å². The summed E-state index contributed by atoms with van der Waals surface area (Å²) in [7, 11) is 0. The summed E-state index contributed by atoms with van der Waals surface area (Å²) in [6, 6.07) is 10.4. The molecule has 1 atom stereocenters. The van der Waals surface area contributed by atoms with Gasteiger partial charge in [0, 0.05) is 31.9 Å². The maximum Gasteiger partial charge on any atom is 0.307 e. The highest BCUT2D eigenvalue weighted by atomic mass is 16.6. The van der Waals surface area contributed by atoms with Gasteiger partial charge in [0.15, 0.2) is 0 Å². The Bertz CT molecular complexity index is 640. The first kappa shape index (κ1) is 16.4. The van der Waals surface area contributed by atoms with Gasteiger partial charge in [0.1, 0.15) is 5.60 Å². The van der Waals surface area contributed by atoms with Crippen LogP contribution in [0, 0.1) is 5.92 Å². The summed E-state index contributed by atoms with van der Waals surface area (Å²) in [5, 5.41) is 0. The lowest BCUT2D eigenvalue weighted by molar-refractivity contribution is -0.151. The average molecular weight is 342 g/mol. The second-order valence-electron chi connectivity index (χ2n) is 7.50. The lowest BCUT2D eigenvalue weighted by Gasteiger charge is -2.32. The maximum absolute atomic E-state index is 13.2. The number of hydrogen-bond acceptors (Lipinski definition) is 4. The molecule has 0 N–H and O–H groups in total. The molecule has 3 aliphatic rings. The molecule has 2 aliphatic heterocycles. The van der Waals surface area contributed by atoms with Crippen molar-refractivity contribution in [3.63, 3.8) is 0 Å². The van der Waals surface area contributed by atoms with Crippen molar-refractivity contribution in [1.29, 1.82) is 0 Å². The van der Waals surface area contributed by atoms with Crippen molar-refractivity contribution < 1.29 is 14.3 Å². The van der Waals surface area contributed by atoms with Crippen molar-refractivity contribution in [2.75, 3.05) is 31.1 Å². The summed E-state index contributed by atoms with van der Waals surface area (Å²) in [6.45, 7) is 3.28. The number of nitrogens with zero attached hydrogens (tertiary/aromatic N) is 2. The second-order valence-corrected chi connectivity index (χ2v) is 7.50. The highest BCUT2D eigenvalue weighted by molar-refractivity contribution is 5.88. The smallest absolute Gasteiger partial charge is 0.307 e. The van der Waals surface area contributed by atoms with Crippen molar-refractivity contribution in [2.45, 2.75) is 44.1 Å². The highest BCUT2D eigenvalue weighted by Gasteiger charge is 2.54. The minimum absolute atomic E-state index is 0.127. The molecule has 2 heterocycles. The monoisotopic (exact) mass is 342 g/mol. The van der Waals surface area contributed by atoms with Crippen molar-refractivity contribution >= 4 is 17.6 Å². The van der Waals surface area contributed by atoms with E-state index in [1.54, 1.807) is 0 Å². The third-order valence-electron chi connectivity index (χ3n) is 6.00. The van der Waals surface area contributed by atoms with Crippen LogP contribution in [-0.2, 0) is 14.3 Å². The van der Waals surface area contributed by atoms with E-state index in [2.05, 4.69) is 29.2 Å². The minimum Gasteiger partial charge on any atom is -0.458 e. The maximum atomic E-state index is 13.2. The zero-order valence-corrected chi connectivity index (χ0v) is 14.7. The van der Waals surface area contributed by atoms with E-state index in [9.17, 15) is 9.59 Å². The van der Waals surface area contributed by atoms with Crippen molar-refractivity contribution in [3.05, 3.63) is 30.3 Å². The molecule has 134 valence electrons. The van der Waals surface area contributed by atoms with Crippen LogP contribution in [0.15, 0.2) is 30.3 Å². The summed E-state index contributed by atoms with van der Waals surface area (Å²) >= 11 is 0. The fraction of sp³-hybridized carbons (Fsp3) is 0.600. The van der Waals surface area contributed by atoms with Crippen LogP contribution < -0.4 is 4.90 Å². The van der Waals surface area contributed by atoms with Crippen molar-refractivity contribution in [2.24, 2.45) is 5.92 Å². The van der Waals surface area contributed by atoms with E-state index in [-0.39, 0.29) is 24.2 Å². The Hall–Kier alpha value is -2.04. The van der Waals surface area contributed by atoms with Crippen LogP contribution >= 0.6 is 0 Å². The molecule has 0 aromatic heterocycles. The molecule has 1 unspecified atom stereocenters. The van der Waals surface area contributed by atoms with Crippen molar-refractivity contribution in [3.8, 4) is 0 Å². The van der Waals surface area contributed by atoms with E-state index in [1.807, 2.05) is 11.0 Å². The van der Waals surface area contributed by atoms with E-state index in [1.165, 1.54) is 5.69 Å². The SMILES string of the molecule is O=C1CC(C(=O)N2CCCN(c3ccccc3)CC2)C2(CCCC2)O1. The molecular weight excluding hydrogens is 316 g/mol. The minimum atomic E-state index is -0.500. The van der Waals surface area contributed by atoms with Gasteiger partial charge in [-0.3, -0.25) is 9.59 Å². The molecule has 5 heteroatoms. The first-order chi connectivity index (χ1) is 12.2. The molecular formula is C20H26N2O3. The van der Waals surface area contributed by atoms with Crippen LogP contribution in [0.25, 0.3) is 0 Å². The van der Waals surface area contributed by atoms with Gasteiger partial charge in [0.2, 0.25) is 5.91 Å². The van der Waals surface area contributed by atoms with Gasteiger partial charge in [-0.2, -0.15) is 0 Å². The number of esters is 1. The van der Waals surface area contributed by atoms with Gasteiger partial charge in [-0.1, -0.05) is 18.2 Å². The van der Waals surface area contributed by atoms with E-state index in [4.69, 9.17) is 4.74 Å². The molecule has 1 aromatic rings. The molecule has 1 aliphatic carbocycles. The average Bonchev–Trinajstić information content (AvgIpc) is 3.13. The zero-order valence-electron chi connectivity index (χ0n) is 14.7. The van der Waals surface area contributed by atoms with Gasteiger partial charge in [-0.15, -0.1) is 0 Å². The van der Waals surface area contributed by atoms with Gasteiger partial charge in [-0.05, 0) is 44.2 Å². The lowest BCUT2D eigenvalue weighted by Crippen LogP contribution is -2.46. The highest BCUT2D eigenvalue weighted by Crippen LogP contribution is 2.46. The Balaban J connectivity index is 1.45. The van der Waals surface area contributed by atoms with Gasteiger partial charge < -0.3 is 14.5 Å². The normalized spacial score (nSPS) is 25.9. The Labute approximate surface area is 148 Å². The summed E-state index contributed by atoms with van der Waals surface area (Å²) in [6.07, 6.45) is 5.02. The van der Waals surface area contributed by atoms with Crippen LogP contribution in [0.2, 0.25) is 0 Å². The van der Waals surface area contributed by atoms with E-state index < -0.39 is 5.60 Å². The molecule has 3 fully saturated rings. The number of hydrogen-bond donors (Lipinski definition) is 0.